The molecular formula is C13H16F4N2. The molecule has 0 spiro atoms. The summed E-state index contributed by atoms with van der Waals surface area (Å²) < 4.78 is 51.0. The molecule has 0 unspecified atom stereocenters. The normalized spacial score (nSPS) is 19.4. The van der Waals surface area contributed by atoms with Crippen molar-refractivity contribution in [2.75, 3.05) is 26.2 Å². The zero-order valence-electron chi connectivity index (χ0n) is 10.4. The second-order valence-electron chi connectivity index (χ2n) is 4.67. The molecular weight excluding hydrogens is 260 g/mol. The van der Waals surface area contributed by atoms with E-state index in [0.717, 1.165) is 0 Å². The highest BCUT2D eigenvalue weighted by Crippen LogP contribution is 2.33. The topological polar surface area (TPSA) is 15.3 Å². The van der Waals surface area contributed by atoms with Crippen LogP contribution in [0.15, 0.2) is 24.3 Å². The Labute approximate surface area is 109 Å². The average molecular weight is 276 g/mol. The number of alkyl halides is 3. The molecule has 1 fully saturated rings. The van der Waals surface area contributed by atoms with E-state index in [4.69, 9.17) is 0 Å². The van der Waals surface area contributed by atoms with Crippen molar-refractivity contribution in [3.05, 3.63) is 35.6 Å². The fraction of sp³-hybridized carbons (Fsp3) is 0.538. The van der Waals surface area contributed by atoms with Crippen molar-refractivity contribution in [1.29, 1.82) is 0 Å². The summed E-state index contributed by atoms with van der Waals surface area (Å²) in [5.41, 5.74) is 0.514. The molecule has 0 aliphatic carbocycles. The van der Waals surface area contributed by atoms with Crippen LogP contribution in [0.3, 0.4) is 0 Å². The van der Waals surface area contributed by atoms with E-state index in [0.29, 0.717) is 31.7 Å². The Morgan fingerprint density at radius 1 is 1.11 bits per heavy atom. The Morgan fingerprint density at radius 3 is 2.21 bits per heavy atom. The van der Waals surface area contributed by atoms with Gasteiger partial charge in [-0.05, 0) is 17.7 Å². The molecule has 1 heterocycles. The Hall–Kier alpha value is -1.14. The zero-order valence-corrected chi connectivity index (χ0v) is 10.4. The number of nitrogens with zero attached hydrogens (tertiary/aromatic N) is 1. The minimum Gasteiger partial charge on any atom is -0.314 e. The Kier molecular flexibility index (Phi) is 4.42. The molecule has 1 aromatic carbocycles. The van der Waals surface area contributed by atoms with E-state index in [-0.39, 0.29) is 0 Å². The van der Waals surface area contributed by atoms with Gasteiger partial charge in [-0.1, -0.05) is 12.1 Å². The predicted molar refractivity (Wildman–Crippen MR) is 64.3 cm³/mol. The maximum Gasteiger partial charge on any atom is 0.390 e. The monoisotopic (exact) mass is 276 g/mol. The van der Waals surface area contributed by atoms with E-state index in [2.05, 4.69) is 5.32 Å². The van der Waals surface area contributed by atoms with E-state index in [1.54, 1.807) is 4.90 Å². The molecule has 0 aromatic heterocycles. The first-order chi connectivity index (χ1) is 8.96. The maximum atomic E-state index is 12.9. The molecule has 2 rings (SSSR count). The van der Waals surface area contributed by atoms with Gasteiger partial charge in [0, 0.05) is 32.2 Å². The minimum atomic E-state index is -4.23. The predicted octanol–water partition coefficient (Wildman–Crippen LogP) is 2.72. The smallest absolute Gasteiger partial charge is 0.314 e. The highest BCUT2D eigenvalue weighted by atomic mass is 19.4. The summed E-state index contributed by atoms with van der Waals surface area (Å²) in [6, 6.07) is 4.56. The summed E-state index contributed by atoms with van der Waals surface area (Å²) in [6.07, 6.45) is -5.14. The number of halogens is 4. The van der Waals surface area contributed by atoms with Crippen molar-refractivity contribution in [3.8, 4) is 0 Å². The molecule has 0 bridgehead atoms. The summed E-state index contributed by atoms with van der Waals surface area (Å²) in [5.74, 6) is -0.435. The molecule has 0 saturated carbocycles. The van der Waals surface area contributed by atoms with Gasteiger partial charge in [0.25, 0.3) is 0 Å². The second kappa shape index (κ2) is 5.88. The molecule has 1 atom stereocenters. The quantitative estimate of drug-likeness (QED) is 0.854. The Bertz CT molecular complexity index is 396. The molecule has 1 saturated heterocycles. The van der Waals surface area contributed by atoms with E-state index in [9.17, 15) is 17.6 Å². The Balaban J connectivity index is 2.19. The van der Waals surface area contributed by atoms with Crippen molar-refractivity contribution in [3.63, 3.8) is 0 Å². The summed E-state index contributed by atoms with van der Waals surface area (Å²) in [4.78, 5) is 1.80. The van der Waals surface area contributed by atoms with E-state index < -0.39 is 24.5 Å². The molecule has 6 heteroatoms. The standard InChI is InChI=1S/C13H16F4N2/c14-11-3-1-10(2-4-11)12(9-13(15,16)17)19-7-5-18-6-8-19/h1-4,12,18H,5-9H2/t12-/m0/s1. The van der Waals surface area contributed by atoms with Crippen molar-refractivity contribution >= 4 is 0 Å². The van der Waals surface area contributed by atoms with Gasteiger partial charge in [-0.15, -0.1) is 0 Å². The van der Waals surface area contributed by atoms with E-state index >= 15 is 0 Å². The lowest BCUT2D eigenvalue weighted by Gasteiger charge is -2.35. The van der Waals surface area contributed by atoms with Gasteiger partial charge in [-0.25, -0.2) is 4.39 Å². The van der Waals surface area contributed by atoms with E-state index in [1.807, 2.05) is 0 Å². The first kappa shape index (κ1) is 14.3. The number of hydrogen-bond donors (Lipinski definition) is 1. The van der Waals surface area contributed by atoms with Crippen molar-refractivity contribution in [2.24, 2.45) is 0 Å². The van der Waals surface area contributed by atoms with Crippen LogP contribution < -0.4 is 5.32 Å². The number of piperazine rings is 1. The molecule has 1 aliphatic heterocycles. The summed E-state index contributed by atoms with van der Waals surface area (Å²) in [6.45, 7) is 2.49. The van der Waals surface area contributed by atoms with Gasteiger partial charge in [0.15, 0.2) is 0 Å². The van der Waals surface area contributed by atoms with Crippen LogP contribution in [0.25, 0.3) is 0 Å². The van der Waals surface area contributed by atoms with Crippen LogP contribution in [-0.4, -0.2) is 37.3 Å². The fourth-order valence-electron chi connectivity index (χ4n) is 2.36. The van der Waals surface area contributed by atoms with Crippen molar-refractivity contribution in [1.82, 2.24) is 10.2 Å². The second-order valence-corrected chi connectivity index (χ2v) is 4.67. The average Bonchev–Trinajstić information content (AvgIpc) is 2.37. The summed E-state index contributed by atoms with van der Waals surface area (Å²) in [5, 5.41) is 3.11. The van der Waals surface area contributed by atoms with Crippen LogP contribution in [-0.2, 0) is 0 Å². The van der Waals surface area contributed by atoms with Crippen LogP contribution in [0.4, 0.5) is 17.6 Å². The van der Waals surface area contributed by atoms with Gasteiger partial charge in [0.2, 0.25) is 0 Å². The number of rotatable bonds is 3. The van der Waals surface area contributed by atoms with E-state index in [1.165, 1.54) is 24.3 Å². The van der Waals surface area contributed by atoms with Crippen LogP contribution in [0, 0.1) is 5.82 Å². The molecule has 19 heavy (non-hydrogen) atoms. The highest BCUT2D eigenvalue weighted by molar-refractivity contribution is 5.20. The first-order valence-electron chi connectivity index (χ1n) is 6.23. The fourth-order valence-corrected chi connectivity index (χ4v) is 2.36. The third kappa shape index (κ3) is 4.18. The molecule has 1 N–H and O–H groups in total. The zero-order chi connectivity index (χ0) is 13.9. The van der Waals surface area contributed by atoms with Gasteiger partial charge in [-0.3, -0.25) is 4.90 Å². The molecule has 0 radical (unpaired) electrons. The molecule has 0 amide bonds. The number of hydrogen-bond acceptors (Lipinski definition) is 2. The van der Waals surface area contributed by atoms with Crippen LogP contribution >= 0.6 is 0 Å². The third-order valence-electron chi connectivity index (χ3n) is 3.27. The van der Waals surface area contributed by atoms with Gasteiger partial charge in [0.1, 0.15) is 5.82 Å². The number of nitrogens with one attached hydrogen (secondary N) is 1. The van der Waals surface area contributed by atoms with Crippen LogP contribution in [0.5, 0.6) is 0 Å². The molecule has 2 nitrogen and oxygen atoms in total. The highest BCUT2D eigenvalue weighted by Gasteiger charge is 2.35. The van der Waals surface area contributed by atoms with Crippen molar-refractivity contribution in [2.45, 2.75) is 18.6 Å². The lowest BCUT2D eigenvalue weighted by Crippen LogP contribution is -2.46. The third-order valence-corrected chi connectivity index (χ3v) is 3.27. The van der Waals surface area contributed by atoms with Gasteiger partial charge in [0.05, 0.1) is 6.42 Å². The molecule has 1 aliphatic rings. The lowest BCUT2D eigenvalue weighted by molar-refractivity contribution is -0.148. The van der Waals surface area contributed by atoms with Gasteiger partial charge < -0.3 is 5.32 Å². The Morgan fingerprint density at radius 2 is 1.68 bits per heavy atom. The van der Waals surface area contributed by atoms with Crippen LogP contribution in [0.1, 0.15) is 18.0 Å². The first-order valence-corrected chi connectivity index (χ1v) is 6.23. The van der Waals surface area contributed by atoms with Crippen LogP contribution in [0.2, 0.25) is 0 Å². The lowest BCUT2D eigenvalue weighted by atomic mass is 10.0. The summed E-state index contributed by atoms with van der Waals surface area (Å²) in [7, 11) is 0. The van der Waals surface area contributed by atoms with Crippen molar-refractivity contribution < 1.29 is 17.6 Å². The van der Waals surface area contributed by atoms with Gasteiger partial charge in [-0.2, -0.15) is 13.2 Å². The maximum absolute atomic E-state index is 12.9. The van der Waals surface area contributed by atoms with Gasteiger partial charge >= 0.3 is 6.18 Å². The molecule has 106 valence electrons. The largest absolute Gasteiger partial charge is 0.390 e. The minimum absolute atomic E-state index is 0.435. The molecule has 1 aromatic rings. The SMILES string of the molecule is Fc1ccc([C@H](CC(F)(F)F)N2CCNCC2)cc1. The number of benzene rings is 1. The summed E-state index contributed by atoms with van der Waals surface area (Å²) >= 11 is 0.